The fraction of sp³-hybridized carbons (Fsp3) is 0.381. The van der Waals surface area contributed by atoms with Crippen molar-refractivity contribution in [2.45, 2.75) is 25.2 Å². The smallest absolute Gasteiger partial charge is 0.254 e. The van der Waals surface area contributed by atoms with Crippen LogP contribution in [0.5, 0.6) is 5.75 Å². The molecular weight excluding hydrogens is 413 g/mol. The lowest BCUT2D eigenvalue weighted by Crippen LogP contribution is -2.44. The average Bonchev–Trinajstić information content (AvgIpc) is 2.68. The van der Waals surface area contributed by atoms with Crippen LogP contribution in [0.2, 0.25) is 0 Å². The highest BCUT2D eigenvalue weighted by molar-refractivity contribution is 9.10. The van der Waals surface area contributed by atoms with E-state index in [-0.39, 0.29) is 11.0 Å². The largest absolute Gasteiger partial charge is 0.494 e. The molecule has 1 amide bonds. The molecule has 1 aliphatic rings. The second kappa shape index (κ2) is 8.85. The van der Waals surface area contributed by atoms with Crippen LogP contribution in [0.25, 0.3) is 0 Å². The molecule has 1 aliphatic heterocycles. The zero-order valence-corrected chi connectivity index (χ0v) is 16.9. The monoisotopic (exact) mass is 435 g/mol. The van der Waals surface area contributed by atoms with Gasteiger partial charge in [-0.05, 0) is 55.7 Å². The highest BCUT2D eigenvalue weighted by Gasteiger charge is 2.35. The van der Waals surface area contributed by atoms with Crippen LogP contribution >= 0.6 is 15.9 Å². The second-order valence-corrected chi connectivity index (χ2v) is 7.57. The highest BCUT2D eigenvalue weighted by Crippen LogP contribution is 2.35. The van der Waals surface area contributed by atoms with E-state index in [1.807, 2.05) is 31.2 Å². The van der Waals surface area contributed by atoms with Crippen molar-refractivity contribution < 1.29 is 18.7 Å². The summed E-state index contributed by atoms with van der Waals surface area (Å²) < 4.78 is 25.7. The molecule has 0 unspecified atom stereocenters. The molecule has 2 aromatic carbocycles. The molecule has 4 nitrogen and oxygen atoms in total. The number of benzene rings is 2. The Balaban J connectivity index is 1.77. The SMILES string of the molecule is CCOc1ccc(C2(CNC(=O)c3ccc(Br)cc3F)CCOCC2)cc1. The third kappa shape index (κ3) is 4.68. The maximum absolute atomic E-state index is 14.1. The molecule has 1 N–H and O–H groups in total. The van der Waals surface area contributed by atoms with E-state index in [0.717, 1.165) is 24.2 Å². The molecule has 0 radical (unpaired) electrons. The summed E-state index contributed by atoms with van der Waals surface area (Å²) in [7, 11) is 0. The van der Waals surface area contributed by atoms with Gasteiger partial charge in [0.1, 0.15) is 11.6 Å². The van der Waals surface area contributed by atoms with Crippen molar-refractivity contribution in [1.82, 2.24) is 5.32 Å². The molecule has 1 heterocycles. The molecule has 144 valence electrons. The van der Waals surface area contributed by atoms with Crippen LogP contribution in [0.1, 0.15) is 35.7 Å². The van der Waals surface area contributed by atoms with Crippen molar-refractivity contribution in [3.63, 3.8) is 0 Å². The van der Waals surface area contributed by atoms with Gasteiger partial charge in [-0.15, -0.1) is 0 Å². The number of carbonyl (C=O) groups is 1. The molecule has 3 rings (SSSR count). The van der Waals surface area contributed by atoms with Gasteiger partial charge in [0.05, 0.1) is 12.2 Å². The van der Waals surface area contributed by atoms with Crippen LogP contribution < -0.4 is 10.1 Å². The first-order valence-electron chi connectivity index (χ1n) is 9.08. The Hall–Kier alpha value is -1.92. The zero-order chi connectivity index (χ0) is 19.3. The third-order valence-corrected chi connectivity index (χ3v) is 5.48. The Morgan fingerprint density at radius 3 is 2.56 bits per heavy atom. The van der Waals surface area contributed by atoms with E-state index in [2.05, 4.69) is 21.2 Å². The van der Waals surface area contributed by atoms with Crippen LogP contribution in [0, 0.1) is 5.82 Å². The van der Waals surface area contributed by atoms with Crippen molar-refractivity contribution in [3.8, 4) is 5.75 Å². The first-order chi connectivity index (χ1) is 13.0. The molecule has 0 saturated carbocycles. The number of amides is 1. The van der Waals surface area contributed by atoms with Crippen LogP contribution in [0.15, 0.2) is 46.9 Å². The Bertz CT molecular complexity index is 789. The quantitative estimate of drug-likeness (QED) is 0.727. The fourth-order valence-electron chi connectivity index (χ4n) is 3.42. The van der Waals surface area contributed by atoms with Crippen LogP contribution in [0.4, 0.5) is 4.39 Å². The third-order valence-electron chi connectivity index (χ3n) is 4.99. The van der Waals surface area contributed by atoms with E-state index >= 15 is 0 Å². The fourth-order valence-corrected chi connectivity index (χ4v) is 3.75. The van der Waals surface area contributed by atoms with E-state index < -0.39 is 11.7 Å². The van der Waals surface area contributed by atoms with Gasteiger partial charge < -0.3 is 14.8 Å². The normalized spacial score (nSPS) is 16.0. The standard InChI is InChI=1S/C21H23BrFNO3/c1-2-27-17-6-3-15(4-7-17)21(9-11-26-12-10-21)14-24-20(25)18-8-5-16(22)13-19(18)23/h3-8,13H,2,9-12,14H2,1H3,(H,24,25). The Labute approximate surface area is 167 Å². The number of nitrogens with one attached hydrogen (secondary N) is 1. The summed E-state index contributed by atoms with van der Waals surface area (Å²) in [6.07, 6.45) is 1.59. The summed E-state index contributed by atoms with van der Waals surface area (Å²) in [5.74, 6) is -0.120. The van der Waals surface area contributed by atoms with E-state index in [4.69, 9.17) is 9.47 Å². The molecule has 0 bridgehead atoms. The Morgan fingerprint density at radius 1 is 1.22 bits per heavy atom. The molecule has 6 heteroatoms. The first-order valence-corrected chi connectivity index (χ1v) is 9.88. The molecule has 0 aliphatic carbocycles. The molecule has 0 atom stereocenters. The predicted molar refractivity (Wildman–Crippen MR) is 106 cm³/mol. The summed E-state index contributed by atoms with van der Waals surface area (Å²) in [6, 6.07) is 12.4. The van der Waals surface area contributed by atoms with Gasteiger partial charge in [-0.25, -0.2) is 4.39 Å². The minimum Gasteiger partial charge on any atom is -0.494 e. The number of rotatable bonds is 6. The molecule has 1 fully saturated rings. The molecule has 0 spiro atoms. The minimum atomic E-state index is -0.538. The van der Waals surface area contributed by atoms with Gasteiger partial charge in [-0.3, -0.25) is 4.79 Å². The second-order valence-electron chi connectivity index (χ2n) is 6.66. The van der Waals surface area contributed by atoms with Gasteiger partial charge >= 0.3 is 0 Å². The summed E-state index contributed by atoms with van der Waals surface area (Å²) in [5, 5.41) is 2.93. The van der Waals surface area contributed by atoms with Crippen molar-refractivity contribution in [2.75, 3.05) is 26.4 Å². The van der Waals surface area contributed by atoms with Crippen LogP contribution in [0.3, 0.4) is 0 Å². The first kappa shape index (κ1) is 19.8. The topological polar surface area (TPSA) is 47.6 Å². The van der Waals surface area contributed by atoms with E-state index in [0.29, 0.717) is 30.8 Å². The van der Waals surface area contributed by atoms with Gasteiger partial charge in [0.2, 0.25) is 0 Å². The maximum atomic E-state index is 14.1. The molecule has 0 aromatic heterocycles. The Kier molecular flexibility index (Phi) is 6.50. The number of carbonyl (C=O) groups excluding carboxylic acids is 1. The zero-order valence-electron chi connectivity index (χ0n) is 15.3. The van der Waals surface area contributed by atoms with Crippen molar-refractivity contribution in [1.29, 1.82) is 0 Å². The maximum Gasteiger partial charge on any atom is 0.254 e. The van der Waals surface area contributed by atoms with Crippen molar-refractivity contribution in [2.24, 2.45) is 0 Å². The van der Waals surface area contributed by atoms with Gasteiger partial charge in [-0.2, -0.15) is 0 Å². The predicted octanol–water partition coefficient (Wildman–Crippen LogP) is 4.47. The average molecular weight is 436 g/mol. The lowest BCUT2D eigenvalue weighted by Gasteiger charge is -2.38. The van der Waals surface area contributed by atoms with Gasteiger partial charge in [0, 0.05) is 29.6 Å². The number of hydrogen-bond donors (Lipinski definition) is 1. The molecule has 1 saturated heterocycles. The molecular formula is C21H23BrFNO3. The van der Waals surface area contributed by atoms with Gasteiger partial charge in [0.15, 0.2) is 0 Å². The van der Waals surface area contributed by atoms with Gasteiger partial charge in [-0.1, -0.05) is 28.1 Å². The summed E-state index contributed by atoms with van der Waals surface area (Å²) >= 11 is 3.21. The van der Waals surface area contributed by atoms with Gasteiger partial charge in [0.25, 0.3) is 5.91 Å². The number of ether oxygens (including phenoxy) is 2. The van der Waals surface area contributed by atoms with Crippen LogP contribution in [-0.4, -0.2) is 32.3 Å². The van der Waals surface area contributed by atoms with E-state index in [1.165, 1.54) is 12.1 Å². The number of halogens is 2. The summed E-state index contributed by atoms with van der Waals surface area (Å²) in [6.45, 7) is 4.27. The lowest BCUT2D eigenvalue weighted by atomic mass is 9.74. The van der Waals surface area contributed by atoms with E-state index in [9.17, 15) is 9.18 Å². The minimum absolute atomic E-state index is 0.0482. The van der Waals surface area contributed by atoms with Crippen molar-refractivity contribution in [3.05, 3.63) is 63.9 Å². The summed E-state index contributed by atoms with van der Waals surface area (Å²) in [5.41, 5.74) is 0.947. The molecule has 2 aromatic rings. The van der Waals surface area contributed by atoms with Crippen LogP contribution in [-0.2, 0) is 10.2 Å². The lowest BCUT2D eigenvalue weighted by molar-refractivity contribution is 0.0486. The highest BCUT2D eigenvalue weighted by atomic mass is 79.9. The Morgan fingerprint density at radius 2 is 1.93 bits per heavy atom. The number of hydrogen-bond acceptors (Lipinski definition) is 3. The summed E-state index contributed by atoms with van der Waals surface area (Å²) in [4.78, 5) is 12.5. The van der Waals surface area contributed by atoms with E-state index in [1.54, 1.807) is 6.07 Å². The molecule has 27 heavy (non-hydrogen) atoms. The van der Waals surface area contributed by atoms with Crippen molar-refractivity contribution >= 4 is 21.8 Å².